The molecule has 2 amide bonds. The van der Waals surface area contributed by atoms with Crippen molar-refractivity contribution in [2.75, 3.05) is 27.1 Å². The minimum Gasteiger partial charge on any atom is -0.493 e. The quantitative estimate of drug-likeness (QED) is 0.192. The number of amides is 2. The third-order valence-electron chi connectivity index (χ3n) is 6.56. The van der Waals surface area contributed by atoms with Crippen LogP contribution in [0.5, 0.6) is 28.7 Å². The number of hydrogen-bond acceptors (Lipinski definition) is 8. The normalized spacial score (nSPS) is 15.5. The van der Waals surface area contributed by atoms with E-state index in [1.165, 1.54) is 5.56 Å². The number of halogens is 1. The maximum absolute atomic E-state index is 13.1. The third kappa shape index (κ3) is 6.57. The smallest absolute Gasteiger partial charge is 0.293 e. The molecule has 0 radical (unpaired) electrons. The van der Waals surface area contributed by atoms with Gasteiger partial charge in [0.1, 0.15) is 19.0 Å². The second-order valence-electron chi connectivity index (χ2n) is 10.4. The molecule has 10 heteroatoms. The highest BCUT2D eigenvalue weighted by Gasteiger charge is 2.36. The summed E-state index contributed by atoms with van der Waals surface area (Å²) in [6, 6.07) is 16.7. The number of carbonyl (C=O) groups is 2. The van der Waals surface area contributed by atoms with Gasteiger partial charge in [-0.1, -0.05) is 50.6 Å². The van der Waals surface area contributed by atoms with E-state index in [1.807, 2.05) is 12.1 Å². The number of ether oxygens (including phenoxy) is 5. The molecule has 0 bridgehead atoms. The van der Waals surface area contributed by atoms with Crippen LogP contribution in [0.25, 0.3) is 6.08 Å². The van der Waals surface area contributed by atoms with Crippen LogP contribution in [0.2, 0.25) is 5.02 Å². The van der Waals surface area contributed by atoms with E-state index in [1.54, 1.807) is 43.5 Å². The summed E-state index contributed by atoms with van der Waals surface area (Å²) in [5.41, 5.74) is 2.61. The number of rotatable bonds is 9. The van der Waals surface area contributed by atoms with Gasteiger partial charge in [0.15, 0.2) is 23.0 Å². The van der Waals surface area contributed by atoms with Gasteiger partial charge in [-0.25, -0.2) is 0 Å². The zero-order valence-corrected chi connectivity index (χ0v) is 24.8. The van der Waals surface area contributed by atoms with Gasteiger partial charge in [0.2, 0.25) is 6.79 Å². The highest BCUT2D eigenvalue weighted by molar-refractivity contribution is 8.18. The van der Waals surface area contributed by atoms with Crippen molar-refractivity contribution in [2.45, 2.75) is 32.7 Å². The standard InChI is InChI=1S/C31H30ClNO7S/c1-31(2,3)21-6-8-22(9-7-21)37-11-12-38-24-10-5-19(13-25(24)36-4)14-28-29(34)33(30(35)41-28)17-20-15-26-27(16-23(20)32)40-18-39-26/h5-10,13-16H,11-12,17-18H2,1-4H3/b28-14-. The molecule has 2 aliphatic rings. The molecule has 0 unspecified atom stereocenters. The molecule has 3 aromatic carbocycles. The van der Waals surface area contributed by atoms with E-state index >= 15 is 0 Å². The zero-order valence-electron chi connectivity index (χ0n) is 23.2. The Morgan fingerprint density at radius 2 is 1.66 bits per heavy atom. The Morgan fingerprint density at radius 1 is 0.951 bits per heavy atom. The summed E-state index contributed by atoms with van der Waals surface area (Å²) < 4.78 is 27.9. The maximum atomic E-state index is 13.1. The van der Waals surface area contributed by atoms with Crippen molar-refractivity contribution in [1.29, 1.82) is 0 Å². The number of hydrogen-bond donors (Lipinski definition) is 0. The molecule has 1 fully saturated rings. The van der Waals surface area contributed by atoms with E-state index in [9.17, 15) is 9.59 Å². The summed E-state index contributed by atoms with van der Waals surface area (Å²) in [5, 5.41) is 0.0106. The van der Waals surface area contributed by atoms with Crippen LogP contribution in [0.15, 0.2) is 59.5 Å². The predicted molar refractivity (Wildman–Crippen MR) is 158 cm³/mol. The van der Waals surface area contributed by atoms with Gasteiger partial charge in [0.05, 0.1) is 18.6 Å². The highest BCUT2D eigenvalue weighted by Crippen LogP contribution is 2.40. The lowest BCUT2D eigenvalue weighted by Gasteiger charge is -2.19. The first-order valence-corrected chi connectivity index (χ1v) is 14.2. The summed E-state index contributed by atoms with van der Waals surface area (Å²) in [6.07, 6.45) is 1.66. The number of carbonyl (C=O) groups excluding carboxylic acids is 2. The van der Waals surface area contributed by atoms with Crippen molar-refractivity contribution in [3.63, 3.8) is 0 Å². The third-order valence-corrected chi connectivity index (χ3v) is 7.82. The number of thioether (sulfide) groups is 1. The fraction of sp³-hybridized carbons (Fsp3) is 0.290. The Labute approximate surface area is 248 Å². The van der Waals surface area contributed by atoms with Gasteiger partial charge in [-0.3, -0.25) is 14.5 Å². The van der Waals surface area contributed by atoms with Crippen molar-refractivity contribution in [1.82, 2.24) is 4.90 Å². The first-order chi connectivity index (χ1) is 19.6. The molecule has 0 saturated carbocycles. The summed E-state index contributed by atoms with van der Waals surface area (Å²) in [7, 11) is 1.54. The molecule has 0 aromatic heterocycles. The lowest BCUT2D eigenvalue weighted by molar-refractivity contribution is -0.123. The molecular formula is C31H30ClNO7S. The molecule has 214 valence electrons. The van der Waals surface area contributed by atoms with Crippen LogP contribution in [-0.4, -0.2) is 43.2 Å². The van der Waals surface area contributed by atoms with E-state index in [0.29, 0.717) is 57.3 Å². The summed E-state index contributed by atoms with van der Waals surface area (Å²) >= 11 is 7.23. The molecule has 1 saturated heterocycles. The Morgan fingerprint density at radius 3 is 2.37 bits per heavy atom. The van der Waals surface area contributed by atoms with Crippen molar-refractivity contribution in [3.05, 3.63) is 81.2 Å². The van der Waals surface area contributed by atoms with E-state index < -0.39 is 5.91 Å². The zero-order chi connectivity index (χ0) is 29.1. The summed E-state index contributed by atoms with van der Waals surface area (Å²) in [4.78, 5) is 27.2. The van der Waals surface area contributed by atoms with Crippen LogP contribution in [0, 0.1) is 0 Å². The summed E-state index contributed by atoms with van der Waals surface area (Å²) in [6.45, 7) is 7.32. The molecule has 8 nitrogen and oxygen atoms in total. The monoisotopic (exact) mass is 595 g/mol. The van der Waals surface area contributed by atoms with E-state index in [0.717, 1.165) is 22.4 Å². The molecule has 0 aliphatic carbocycles. The largest absolute Gasteiger partial charge is 0.493 e. The van der Waals surface area contributed by atoms with Crippen LogP contribution >= 0.6 is 23.4 Å². The Hall–Kier alpha value is -3.82. The van der Waals surface area contributed by atoms with Gasteiger partial charge in [0, 0.05) is 11.1 Å². The Balaban J connectivity index is 1.20. The van der Waals surface area contributed by atoms with Gasteiger partial charge >= 0.3 is 0 Å². The lowest BCUT2D eigenvalue weighted by atomic mass is 9.87. The number of fused-ring (bicyclic) bond motifs is 1. The lowest BCUT2D eigenvalue weighted by Crippen LogP contribution is -2.27. The van der Waals surface area contributed by atoms with Gasteiger partial charge in [-0.2, -0.15) is 0 Å². The first-order valence-electron chi connectivity index (χ1n) is 13.0. The minimum absolute atomic E-state index is 0.0242. The van der Waals surface area contributed by atoms with Crippen molar-refractivity contribution >= 4 is 40.6 Å². The molecule has 2 heterocycles. The van der Waals surface area contributed by atoms with Gasteiger partial charge < -0.3 is 23.7 Å². The average Bonchev–Trinajstić information content (AvgIpc) is 3.50. The fourth-order valence-electron chi connectivity index (χ4n) is 4.29. The molecule has 0 atom stereocenters. The van der Waals surface area contributed by atoms with Crippen LogP contribution in [-0.2, 0) is 16.8 Å². The SMILES string of the molecule is COc1cc(/C=C2\SC(=O)N(Cc3cc4c(cc3Cl)OCO4)C2=O)ccc1OCCOc1ccc(C(C)(C)C)cc1. The number of methoxy groups -OCH3 is 1. The van der Waals surface area contributed by atoms with E-state index in [2.05, 4.69) is 32.9 Å². The molecule has 2 aliphatic heterocycles. The number of benzene rings is 3. The molecule has 0 spiro atoms. The highest BCUT2D eigenvalue weighted by atomic mass is 35.5. The molecule has 0 N–H and O–H groups in total. The van der Waals surface area contributed by atoms with E-state index in [-0.39, 0.29) is 24.0 Å². The fourth-order valence-corrected chi connectivity index (χ4v) is 5.35. The van der Waals surface area contributed by atoms with Crippen LogP contribution in [0.3, 0.4) is 0 Å². The topological polar surface area (TPSA) is 83.5 Å². The van der Waals surface area contributed by atoms with Crippen LogP contribution < -0.4 is 23.7 Å². The van der Waals surface area contributed by atoms with Crippen molar-refractivity contribution < 1.29 is 33.3 Å². The van der Waals surface area contributed by atoms with Crippen molar-refractivity contribution in [3.8, 4) is 28.7 Å². The van der Waals surface area contributed by atoms with Gasteiger partial charge in [-0.15, -0.1) is 0 Å². The Kier molecular flexibility index (Phi) is 8.37. The molecular weight excluding hydrogens is 566 g/mol. The maximum Gasteiger partial charge on any atom is 0.293 e. The molecule has 3 aromatic rings. The Bertz CT molecular complexity index is 1500. The number of nitrogens with zero attached hydrogens (tertiary/aromatic N) is 1. The van der Waals surface area contributed by atoms with Gasteiger partial charge in [-0.05, 0) is 70.3 Å². The second kappa shape index (κ2) is 12.0. The van der Waals surface area contributed by atoms with Gasteiger partial charge in [0.25, 0.3) is 11.1 Å². The predicted octanol–water partition coefficient (Wildman–Crippen LogP) is 7.07. The first kappa shape index (κ1) is 28.7. The molecule has 5 rings (SSSR count). The minimum atomic E-state index is -0.402. The second-order valence-corrected chi connectivity index (χ2v) is 11.8. The van der Waals surface area contributed by atoms with Crippen molar-refractivity contribution in [2.24, 2.45) is 0 Å². The average molecular weight is 596 g/mol. The van der Waals surface area contributed by atoms with Crippen LogP contribution in [0.4, 0.5) is 4.79 Å². The van der Waals surface area contributed by atoms with E-state index in [4.69, 9.17) is 35.3 Å². The van der Waals surface area contributed by atoms with Crippen LogP contribution in [0.1, 0.15) is 37.5 Å². The summed E-state index contributed by atoms with van der Waals surface area (Å²) in [5.74, 6) is 2.48. The molecule has 41 heavy (non-hydrogen) atoms. The number of imide groups is 1.